The maximum Gasteiger partial charge on any atom is 0.274 e. The Hall–Kier alpha value is -3.40. The van der Waals surface area contributed by atoms with Crippen molar-refractivity contribution in [2.45, 2.75) is 13.3 Å². The van der Waals surface area contributed by atoms with Crippen molar-refractivity contribution in [1.82, 2.24) is 0 Å². The zero-order valence-electron chi connectivity index (χ0n) is 13.0. The van der Waals surface area contributed by atoms with E-state index in [-0.39, 0.29) is 12.3 Å². The van der Waals surface area contributed by atoms with Crippen LogP contribution in [0.15, 0.2) is 42.5 Å². The second-order valence-electron chi connectivity index (χ2n) is 5.02. The Morgan fingerprint density at radius 2 is 2.00 bits per heavy atom. The molecule has 24 heavy (non-hydrogen) atoms. The number of nitro benzene ring substituents is 1. The van der Waals surface area contributed by atoms with E-state index in [0.29, 0.717) is 23.4 Å². The molecule has 7 heteroatoms. The van der Waals surface area contributed by atoms with Crippen LogP contribution in [0, 0.1) is 28.4 Å². The number of nitrogens with zero attached hydrogens (tertiary/aromatic N) is 2. The Bertz CT molecular complexity index is 794. The number of hydrogen-bond acceptors (Lipinski definition) is 5. The van der Waals surface area contributed by atoms with Crippen molar-refractivity contribution in [1.29, 1.82) is 5.26 Å². The lowest BCUT2D eigenvalue weighted by Gasteiger charge is -2.10. The van der Waals surface area contributed by atoms with Gasteiger partial charge in [0.15, 0.2) is 6.61 Å². The Kier molecular flexibility index (Phi) is 5.47. The molecule has 122 valence electrons. The second kappa shape index (κ2) is 7.74. The topological polar surface area (TPSA) is 105 Å². The summed E-state index contributed by atoms with van der Waals surface area (Å²) in [5, 5.41) is 22.1. The van der Waals surface area contributed by atoms with Crippen LogP contribution >= 0.6 is 0 Å². The molecule has 0 saturated heterocycles. The first-order valence-corrected chi connectivity index (χ1v) is 7.14. The summed E-state index contributed by atoms with van der Waals surface area (Å²) in [6, 6.07) is 13.4. The minimum Gasteiger partial charge on any atom is -0.484 e. The fourth-order valence-corrected chi connectivity index (χ4v) is 2.09. The van der Waals surface area contributed by atoms with E-state index in [1.807, 2.05) is 6.07 Å². The highest BCUT2D eigenvalue weighted by molar-refractivity contribution is 5.93. The normalized spacial score (nSPS) is 9.83. The molecule has 0 aliphatic carbocycles. The molecular formula is C17H15N3O4. The summed E-state index contributed by atoms with van der Waals surface area (Å²) in [4.78, 5) is 22.3. The number of carbonyl (C=O) groups is 1. The van der Waals surface area contributed by atoms with Gasteiger partial charge in [-0.25, -0.2) is 0 Å². The van der Waals surface area contributed by atoms with Crippen molar-refractivity contribution in [3.8, 4) is 11.8 Å². The first-order chi connectivity index (χ1) is 11.5. The van der Waals surface area contributed by atoms with Crippen LogP contribution in [0.5, 0.6) is 5.75 Å². The van der Waals surface area contributed by atoms with E-state index in [4.69, 9.17) is 10.00 Å². The zero-order valence-corrected chi connectivity index (χ0v) is 13.0. The summed E-state index contributed by atoms with van der Waals surface area (Å²) in [5.41, 5.74) is 1.57. The molecule has 0 aliphatic heterocycles. The highest BCUT2D eigenvalue weighted by atomic mass is 16.6. The number of hydrogen-bond donors (Lipinski definition) is 1. The number of nitriles is 1. The van der Waals surface area contributed by atoms with E-state index in [0.717, 1.165) is 5.56 Å². The zero-order chi connectivity index (χ0) is 17.5. The van der Waals surface area contributed by atoms with Gasteiger partial charge in [0.1, 0.15) is 5.75 Å². The molecule has 2 rings (SSSR count). The third-order valence-electron chi connectivity index (χ3n) is 3.35. The third-order valence-corrected chi connectivity index (χ3v) is 3.35. The van der Waals surface area contributed by atoms with Gasteiger partial charge in [0, 0.05) is 6.07 Å². The highest BCUT2D eigenvalue weighted by Gasteiger charge is 2.14. The first kappa shape index (κ1) is 17.0. The molecule has 0 unspecified atom stereocenters. The maximum absolute atomic E-state index is 11.9. The van der Waals surface area contributed by atoms with E-state index in [1.54, 1.807) is 37.3 Å². The van der Waals surface area contributed by atoms with Gasteiger partial charge in [0.25, 0.3) is 11.6 Å². The predicted octanol–water partition coefficient (Wildman–Crippen LogP) is 2.99. The molecule has 0 spiro atoms. The number of nitro groups is 1. The Morgan fingerprint density at radius 3 is 2.62 bits per heavy atom. The average Bonchev–Trinajstić information content (AvgIpc) is 2.56. The number of rotatable bonds is 6. The molecule has 0 bridgehead atoms. The third kappa shape index (κ3) is 4.30. The molecule has 7 nitrogen and oxygen atoms in total. The standard InChI is InChI=1S/C17H15N3O4/c1-12-15(3-2-4-16(12)20(22)23)19-17(21)11-24-14-7-5-13(6-8-14)9-10-18/h2-8H,9,11H2,1H3,(H,19,21). The van der Waals surface area contributed by atoms with Gasteiger partial charge in [0.2, 0.25) is 0 Å². The van der Waals surface area contributed by atoms with E-state index in [2.05, 4.69) is 5.32 Å². The van der Waals surface area contributed by atoms with Crippen LogP contribution in [0.1, 0.15) is 11.1 Å². The van der Waals surface area contributed by atoms with E-state index in [1.165, 1.54) is 12.1 Å². The lowest BCUT2D eigenvalue weighted by atomic mass is 10.1. The number of benzene rings is 2. The van der Waals surface area contributed by atoms with Crippen molar-refractivity contribution in [3.05, 3.63) is 63.7 Å². The average molecular weight is 325 g/mol. The van der Waals surface area contributed by atoms with Gasteiger partial charge in [-0.2, -0.15) is 5.26 Å². The monoisotopic (exact) mass is 325 g/mol. The molecule has 0 fully saturated rings. The second-order valence-corrected chi connectivity index (χ2v) is 5.02. The molecule has 2 aromatic rings. The predicted molar refractivity (Wildman–Crippen MR) is 87.7 cm³/mol. The van der Waals surface area contributed by atoms with Crippen molar-refractivity contribution in [3.63, 3.8) is 0 Å². The largest absolute Gasteiger partial charge is 0.484 e. The van der Waals surface area contributed by atoms with Crippen molar-refractivity contribution >= 4 is 17.3 Å². The molecule has 0 atom stereocenters. The van der Waals surface area contributed by atoms with Gasteiger partial charge < -0.3 is 10.1 Å². The van der Waals surface area contributed by atoms with Crippen LogP contribution in [-0.4, -0.2) is 17.4 Å². The van der Waals surface area contributed by atoms with Gasteiger partial charge in [-0.05, 0) is 30.7 Å². The van der Waals surface area contributed by atoms with Crippen LogP contribution in [0.3, 0.4) is 0 Å². The van der Waals surface area contributed by atoms with Gasteiger partial charge in [-0.1, -0.05) is 18.2 Å². The molecule has 1 amide bonds. The lowest BCUT2D eigenvalue weighted by molar-refractivity contribution is -0.385. The fraction of sp³-hybridized carbons (Fsp3) is 0.176. The number of carbonyl (C=O) groups excluding carboxylic acids is 1. The van der Waals surface area contributed by atoms with E-state index in [9.17, 15) is 14.9 Å². The minimum atomic E-state index is -0.496. The Morgan fingerprint density at radius 1 is 1.29 bits per heavy atom. The summed E-state index contributed by atoms with van der Waals surface area (Å²) in [7, 11) is 0. The summed E-state index contributed by atoms with van der Waals surface area (Å²) >= 11 is 0. The minimum absolute atomic E-state index is 0.0539. The molecule has 2 aromatic carbocycles. The molecular weight excluding hydrogens is 310 g/mol. The number of ether oxygens (including phenoxy) is 1. The summed E-state index contributed by atoms with van der Waals surface area (Å²) in [6.45, 7) is 1.35. The van der Waals surface area contributed by atoms with Crippen LogP contribution < -0.4 is 10.1 Å². The number of amides is 1. The molecule has 0 aliphatic rings. The van der Waals surface area contributed by atoms with Gasteiger partial charge >= 0.3 is 0 Å². The molecule has 0 heterocycles. The Labute approximate surface area is 138 Å². The molecule has 1 N–H and O–H groups in total. The first-order valence-electron chi connectivity index (χ1n) is 7.14. The van der Waals surface area contributed by atoms with Gasteiger partial charge in [0.05, 0.1) is 28.7 Å². The summed E-state index contributed by atoms with van der Waals surface area (Å²) in [5.74, 6) is 0.0855. The maximum atomic E-state index is 11.9. The van der Waals surface area contributed by atoms with Crippen LogP contribution in [0.2, 0.25) is 0 Å². The molecule has 0 radical (unpaired) electrons. The summed E-state index contributed by atoms with van der Waals surface area (Å²) in [6.07, 6.45) is 0.312. The quantitative estimate of drug-likeness (QED) is 0.649. The van der Waals surface area contributed by atoms with Crippen LogP contribution in [0.4, 0.5) is 11.4 Å². The fourth-order valence-electron chi connectivity index (χ4n) is 2.09. The highest BCUT2D eigenvalue weighted by Crippen LogP contribution is 2.25. The van der Waals surface area contributed by atoms with E-state index < -0.39 is 10.8 Å². The Balaban J connectivity index is 1.95. The molecule has 0 aromatic heterocycles. The summed E-state index contributed by atoms with van der Waals surface area (Å²) < 4.78 is 5.36. The van der Waals surface area contributed by atoms with Crippen LogP contribution in [-0.2, 0) is 11.2 Å². The van der Waals surface area contributed by atoms with Gasteiger partial charge in [-0.15, -0.1) is 0 Å². The lowest BCUT2D eigenvalue weighted by Crippen LogP contribution is -2.20. The number of anilines is 1. The smallest absolute Gasteiger partial charge is 0.274 e. The van der Waals surface area contributed by atoms with E-state index >= 15 is 0 Å². The van der Waals surface area contributed by atoms with Crippen molar-refractivity contribution in [2.75, 3.05) is 11.9 Å². The molecule has 0 saturated carbocycles. The van der Waals surface area contributed by atoms with Gasteiger partial charge in [-0.3, -0.25) is 14.9 Å². The van der Waals surface area contributed by atoms with Crippen LogP contribution in [0.25, 0.3) is 0 Å². The van der Waals surface area contributed by atoms with Crippen molar-refractivity contribution < 1.29 is 14.5 Å². The SMILES string of the molecule is Cc1c(NC(=O)COc2ccc(CC#N)cc2)cccc1[N+](=O)[O-]. The number of nitrogens with one attached hydrogen (secondary N) is 1. The van der Waals surface area contributed by atoms with Crippen molar-refractivity contribution in [2.24, 2.45) is 0 Å².